The number of benzene rings is 9. The zero-order valence-electron chi connectivity index (χ0n) is 51.3. The van der Waals surface area contributed by atoms with E-state index in [0.29, 0.717) is 11.8 Å². The summed E-state index contributed by atoms with van der Waals surface area (Å²) >= 11 is 0. The van der Waals surface area contributed by atoms with Crippen molar-refractivity contribution in [3.05, 3.63) is 274 Å². The summed E-state index contributed by atoms with van der Waals surface area (Å²) < 4.78 is 14.8. The van der Waals surface area contributed by atoms with E-state index in [2.05, 4.69) is 266 Å². The number of ether oxygens (including phenoxy) is 2. The van der Waals surface area contributed by atoms with Gasteiger partial charge in [-0.3, -0.25) is 0 Å². The summed E-state index contributed by atoms with van der Waals surface area (Å²) in [5, 5.41) is 0. The smallest absolute Gasteiger partial charge is 0.132 e. The van der Waals surface area contributed by atoms with Crippen molar-refractivity contribution in [2.24, 2.45) is 11.3 Å². The van der Waals surface area contributed by atoms with Gasteiger partial charge in [-0.2, -0.15) is 0 Å². The highest BCUT2D eigenvalue weighted by Crippen LogP contribution is 2.67. The molecule has 16 rings (SSSR count). The average molecular weight is 1120 g/mol. The van der Waals surface area contributed by atoms with E-state index in [0.717, 1.165) is 34.3 Å². The summed E-state index contributed by atoms with van der Waals surface area (Å²) in [7, 11) is 0. The number of anilines is 3. The Kier molecular flexibility index (Phi) is 12.2. The Bertz CT molecular complexity index is 4200. The Balaban J connectivity index is 0.983. The van der Waals surface area contributed by atoms with Gasteiger partial charge < -0.3 is 14.4 Å². The van der Waals surface area contributed by atoms with Crippen molar-refractivity contribution >= 4 is 17.1 Å². The van der Waals surface area contributed by atoms with Crippen LogP contribution in [0.5, 0.6) is 17.2 Å². The third kappa shape index (κ3) is 7.98. The highest BCUT2D eigenvalue weighted by atomic mass is 16.5. The molecule has 3 atom stereocenters. The van der Waals surface area contributed by atoms with E-state index in [1.807, 2.05) is 0 Å². The van der Waals surface area contributed by atoms with Crippen LogP contribution in [0, 0.1) is 11.3 Å². The van der Waals surface area contributed by atoms with Gasteiger partial charge in [-0.05, 0) is 182 Å². The highest BCUT2D eigenvalue weighted by Gasteiger charge is 2.61. The molecule has 0 bridgehead atoms. The molecule has 5 aliphatic carbocycles. The second kappa shape index (κ2) is 19.7. The van der Waals surface area contributed by atoms with Crippen LogP contribution < -0.4 is 14.4 Å². The Morgan fingerprint density at radius 2 is 0.977 bits per heavy atom. The average Bonchev–Trinajstić information content (AvgIpc) is 1.47. The third-order valence-electron chi connectivity index (χ3n) is 21.5. The molecule has 3 heteroatoms. The standard InChI is InChI=1S/C83H79NO2/c1-79(2,3)58-37-43-77-72(49-58)83(78-50-59(80(4,5)6)45-46-81(78,7)86-77)67-31-19-17-30-63(67)66-42-38-60(51-71(66)83)84(74-33-21-18-29-62(74)55-27-15-10-16-28-55)61-39-44-76-73(52-61)82(68-32-20-22-34-75(68)85-76)69-47-56(53-23-11-8-12-24-53)35-40-64(69)65-41-36-57(48-70(65)82)54-25-13-9-14-26-54/h10,15-22,27-54,78H,8-9,11-14,23-26H2,1-7H3. The molecule has 0 radical (unpaired) electrons. The van der Waals surface area contributed by atoms with Crippen LogP contribution in [0.1, 0.15) is 180 Å². The van der Waals surface area contributed by atoms with E-state index in [1.165, 1.54) is 159 Å². The molecule has 2 heterocycles. The fourth-order valence-corrected chi connectivity index (χ4v) is 17.2. The Labute approximate surface area is 510 Å². The highest BCUT2D eigenvalue weighted by molar-refractivity contribution is 5.94. The van der Waals surface area contributed by atoms with E-state index in [1.54, 1.807) is 0 Å². The number of rotatable bonds is 6. The van der Waals surface area contributed by atoms with Crippen LogP contribution in [0.15, 0.2) is 218 Å². The summed E-state index contributed by atoms with van der Waals surface area (Å²) in [5.41, 5.74) is 23.4. The van der Waals surface area contributed by atoms with E-state index in [9.17, 15) is 0 Å². The van der Waals surface area contributed by atoms with Crippen LogP contribution >= 0.6 is 0 Å². The molecule has 7 aliphatic rings. The Hall–Kier alpha value is -8.14. The molecule has 0 aromatic heterocycles. The van der Waals surface area contributed by atoms with Gasteiger partial charge >= 0.3 is 0 Å². The number of fused-ring (bicyclic) bond motifs is 18. The number of nitrogens with zero attached hydrogens (tertiary/aromatic N) is 1. The van der Waals surface area contributed by atoms with E-state index in [-0.39, 0.29) is 16.7 Å². The molecule has 3 unspecified atom stereocenters. The van der Waals surface area contributed by atoms with Crippen molar-refractivity contribution in [3.63, 3.8) is 0 Å². The summed E-state index contributed by atoms with van der Waals surface area (Å²) in [4.78, 5) is 2.59. The molecule has 2 spiro atoms. The monoisotopic (exact) mass is 1120 g/mol. The third-order valence-corrected chi connectivity index (χ3v) is 21.5. The first-order chi connectivity index (χ1) is 41.7. The van der Waals surface area contributed by atoms with Crippen molar-refractivity contribution in [3.8, 4) is 50.6 Å². The minimum Gasteiger partial charge on any atom is -0.482 e. The molecule has 9 aromatic rings. The fraction of sp³-hybridized carbons (Fsp3) is 0.301. The molecule has 2 saturated carbocycles. The van der Waals surface area contributed by atoms with Gasteiger partial charge in [0, 0.05) is 39.5 Å². The zero-order chi connectivity index (χ0) is 58.3. The number of allylic oxidation sites excluding steroid dienone is 2. The number of hydrogen-bond acceptors (Lipinski definition) is 3. The van der Waals surface area contributed by atoms with Crippen molar-refractivity contribution in [1.29, 1.82) is 0 Å². The summed E-state index contributed by atoms with van der Waals surface area (Å²) in [6, 6.07) is 75.4. The second-order valence-corrected chi connectivity index (χ2v) is 28.5. The van der Waals surface area contributed by atoms with Crippen LogP contribution in [-0.2, 0) is 16.2 Å². The maximum absolute atomic E-state index is 7.45. The van der Waals surface area contributed by atoms with Crippen LogP contribution in [0.3, 0.4) is 0 Å². The first-order valence-corrected chi connectivity index (χ1v) is 32.4. The lowest BCUT2D eigenvalue weighted by Gasteiger charge is -2.53. The van der Waals surface area contributed by atoms with Gasteiger partial charge in [0.15, 0.2) is 0 Å². The topological polar surface area (TPSA) is 21.7 Å². The lowest BCUT2D eigenvalue weighted by molar-refractivity contribution is 0.0456. The lowest BCUT2D eigenvalue weighted by Crippen LogP contribution is -2.55. The van der Waals surface area contributed by atoms with E-state index >= 15 is 0 Å². The van der Waals surface area contributed by atoms with Crippen LogP contribution in [0.4, 0.5) is 17.1 Å². The normalized spacial score (nSPS) is 21.4. The SMILES string of the molecule is CC(C)(C)C1=CC2C(C)(C=C1)Oc1ccc(C(C)(C)C)cc1C21c2ccccc2-c2ccc(N(c3ccc4c(c3)C3(c5ccccc5O4)c4cc(C5CCCCC5)ccc4-c4ccc(C5CCCCC5)cc43)c3ccccc3-c3ccccc3)cc21. The van der Waals surface area contributed by atoms with E-state index < -0.39 is 16.4 Å². The predicted octanol–water partition coefficient (Wildman–Crippen LogP) is 22.3. The predicted molar refractivity (Wildman–Crippen MR) is 355 cm³/mol. The van der Waals surface area contributed by atoms with E-state index in [4.69, 9.17) is 9.47 Å². The number of para-hydroxylation sites is 2. The molecule has 9 aromatic carbocycles. The quantitative estimate of drug-likeness (QED) is 0.166. The van der Waals surface area contributed by atoms with Crippen molar-refractivity contribution in [2.75, 3.05) is 4.90 Å². The van der Waals surface area contributed by atoms with Crippen LogP contribution in [0.2, 0.25) is 0 Å². The zero-order valence-corrected chi connectivity index (χ0v) is 51.3. The first-order valence-electron chi connectivity index (χ1n) is 32.4. The molecule has 0 N–H and O–H groups in total. The van der Waals surface area contributed by atoms with Gasteiger partial charge in [0.2, 0.25) is 0 Å². The molecule has 2 aliphatic heterocycles. The van der Waals surface area contributed by atoms with Gasteiger partial charge in [0.05, 0.1) is 16.5 Å². The Morgan fingerprint density at radius 3 is 1.65 bits per heavy atom. The molecule has 0 saturated heterocycles. The van der Waals surface area contributed by atoms with Crippen molar-refractivity contribution in [1.82, 2.24) is 0 Å². The molecule has 2 fully saturated rings. The number of hydrogen-bond donors (Lipinski definition) is 0. The van der Waals surface area contributed by atoms with Crippen LogP contribution in [0.25, 0.3) is 33.4 Å². The molecule has 86 heavy (non-hydrogen) atoms. The minimum atomic E-state index is -0.653. The molecule has 0 amide bonds. The van der Waals surface area contributed by atoms with Gasteiger partial charge in [-0.1, -0.05) is 238 Å². The maximum Gasteiger partial charge on any atom is 0.132 e. The molecular weight excluding hydrogens is 1040 g/mol. The molecule has 428 valence electrons. The van der Waals surface area contributed by atoms with Crippen LogP contribution in [-0.4, -0.2) is 5.60 Å². The summed E-state index contributed by atoms with van der Waals surface area (Å²) in [5.74, 6) is 3.81. The van der Waals surface area contributed by atoms with Gasteiger partial charge in [-0.25, -0.2) is 0 Å². The maximum atomic E-state index is 7.45. The minimum absolute atomic E-state index is 0.0834. The first kappa shape index (κ1) is 53.3. The molecule has 3 nitrogen and oxygen atoms in total. The molecular formula is C83H79NO2. The largest absolute Gasteiger partial charge is 0.482 e. The Morgan fingerprint density at radius 1 is 0.430 bits per heavy atom. The van der Waals surface area contributed by atoms with Crippen molar-refractivity contribution < 1.29 is 9.47 Å². The van der Waals surface area contributed by atoms with Crippen molar-refractivity contribution in [2.45, 2.75) is 146 Å². The summed E-state index contributed by atoms with van der Waals surface area (Å²) in [6.07, 6.45) is 20.1. The van der Waals surface area contributed by atoms with Gasteiger partial charge in [0.25, 0.3) is 0 Å². The lowest BCUT2D eigenvalue weighted by atomic mass is 9.55. The van der Waals surface area contributed by atoms with Gasteiger partial charge in [-0.15, -0.1) is 0 Å². The summed E-state index contributed by atoms with van der Waals surface area (Å²) in [6.45, 7) is 16.4. The fourth-order valence-electron chi connectivity index (χ4n) is 17.2. The second-order valence-electron chi connectivity index (χ2n) is 28.5. The van der Waals surface area contributed by atoms with Gasteiger partial charge in [0.1, 0.15) is 22.8 Å².